The summed E-state index contributed by atoms with van der Waals surface area (Å²) >= 11 is 0. The lowest BCUT2D eigenvalue weighted by Gasteiger charge is -2.41. The topological polar surface area (TPSA) is 53.4 Å². The first-order chi connectivity index (χ1) is 13.1. The summed E-state index contributed by atoms with van der Waals surface area (Å²) in [6.07, 6.45) is 3.75. The number of benzene rings is 1. The molecule has 0 bridgehead atoms. The first-order valence-electron chi connectivity index (χ1n) is 9.32. The number of carbonyl (C=O) groups excluding carboxylic acids is 1. The van der Waals surface area contributed by atoms with Crippen LogP contribution >= 0.6 is 12.4 Å². The molecule has 0 saturated carbocycles. The Labute approximate surface area is 168 Å². The quantitative estimate of drug-likeness (QED) is 0.835. The predicted molar refractivity (Wildman–Crippen MR) is 104 cm³/mol. The van der Waals surface area contributed by atoms with Crippen LogP contribution in [-0.4, -0.2) is 64.3 Å². The van der Waals surface area contributed by atoms with Gasteiger partial charge in [0.25, 0.3) is 0 Å². The van der Waals surface area contributed by atoms with Crippen molar-refractivity contribution in [2.75, 3.05) is 32.7 Å². The maximum Gasteiger partial charge on any atom is 0.236 e. The Hall–Kier alpha value is -2.03. The summed E-state index contributed by atoms with van der Waals surface area (Å²) in [5.41, 5.74) is 1.05. The van der Waals surface area contributed by atoms with Gasteiger partial charge in [-0.1, -0.05) is 0 Å². The monoisotopic (exact) mass is 411 g/mol. The molecule has 3 heterocycles. The third-order valence-corrected chi connectivity index (χ3v) is 5.23. The van der Waals surface area contributed by atoms with Crippen LogP contribution in [-0.2, 0) is 11.3 Å². The van der Waals surface area contributed by atoms with Crippen molar-refractivity contribution >= 4 is 18.3 Å². The average molecular weight is 412 g/mol. The normalized spacial score (nSPS) is 20.9. The smallest absolute Gasteiger partial charge is 0.236 e. The molecule has 1 atom stereocenters. The summed E-state index contributed by atoms with van der Waals surface area (Å²) in [5.74, 6) is -1.07. The van der Waals surface area contributed by atoms with E-state index < -0.39 is 11.6 Å². The largest absolute Gasteiger partial charge is 0.336 e. The van der Waals surface area contributed by atoms with Crippen LogP contribution in [0.25, 0.3) is 5.69 Å². The van der Waals surface area contributed by atoms with Crippen molar-refractivity contribution in [2.24, 2.45) is 0 Å². The molecule has 1 amide bonds. The Morgan fingerprint density at radius 1 is 1.21 bits per heavy atom. The molecule has 2 aliphatic rings. The summed E-state index contributed by atoms with van der Waals surface area (Å²) in [7, 11) is 0. The predicted octanol–water partition coefficient (Wildman–Crippen LogP) is 1.97. The Morgan fingerprint density at radius 2 is 2.07 bits per heavy atom. The van der Waals surface area contributed by atoms with Crippen LogP contribution in [0.2, 0.25) is 0 Å². The van der Waals surface area contributed by atoms with Gasteiger partial charge in [-0.2, -0.15) is 5.10 Å². The number of halogens is 3. The molecular formula is C19H24ClF2N5O. The second-order valence-electron chi connectivity index (χ2n) is 7.14. The minimum absolute atomic E-state index is 0. The van der Waals surface area contributed by atoms with Crippen molar-refractivity contribution in [1.29, 1.82) is 0 Å². The van der Waals surface area contributed by atoms with Crippen molar-refractivity contribution < 1.29 is 13.6 Å². The van der Waals surface area contributed by atoms with Gasteiger partial charge in [0.1, 0.15) is 11.5 Å². The zero-order chi connectivity index (χ0) is 18.8. The van der Waals surface area contributed by atoms with Crippen LogP contribution in [0.15, 0.2) is 30.5 Å². The van der Waals surface area contributed by atoms with Crippen molar-refractivity contribution in [3.8, 4) is 5.69 Å². The van der Waals surface area contributed by atoms with E-state index in [0.717, 1.165) is 50.8 Å². The second kappa shape index (κ2) is 8.98. The number of carbonyl (C=O) groups is 1. The molecule has 9 heteroatoms. The number of piperidine rings is 1. The highest BCUT2D eigenvalue weighted by atomic mass is 35.5. The fourth-order valence-corrected chi connectivity index (χ4v) is 3.91. The van der Waals surface area contributed by atoms with Crippen LogP contribution in [0.3, 0.4) is 0 Å². The van der Waals surface area contributed by atoms with Gasteiger partial charge in [-0.15, -0.1) is 12.4 Å². The first-order valence-corrected chi connectivity index (χ1v) is 9.32. The number of nitrogens with zero attached hydrogens (tertiary/aromatic N) is 4. The molecule has 0 aliphatic carbocycles. The van der Waals surface area contributed by atoms with E-state index in [1.54, 1.807) is 6.20 Å². The Morgan fingerprint density at radius 3 is 2.86 bits per heavy atom. The van der Waals surface area contributed by atoms with E-state index in [1.165, 1.54) is 16.8 Å². The van der Waals surface area contributed by atoms with E-state index in [1.807, 2.05) is 11.0 Å². The van der Waals surface area contributed by atoms with Gasteiger partial charge in [-0.05, 0) is 37.6 Å². The van der Waals surface area contributed by atoms with Gasteiger partial charge in [-0.25, -0.2) is 13.5 Å². The second-order valence-corrected chi connectivity index (χ2v) is 7.14. The van der Waals surface area contributed by atoms with E-state index in [9.17, 15) is 13.6 Å². The van der Waals surface area contributed by atoms with Gasteiger partial charge < -0.3 is 10.2 Å². The molecule has 1 unspecified atom stereocenters. The zero-order valence-electron chi connectivity index (χ0n) is 15.5. The summed E-state index contributed by atoms with van der Waals surface area (Å²) < 4.78 is 28.5. The summed E-state index contributed by atoms with van der Waals surface area (Å²) in [6, 6.07) is 5.55. The van der Waals surface area contributed by atoms with Crippen molar-refractivity contribution in [3.63, 3.8) is 0 Å². The lowest BCUT2D eigenvalue weighted by Crippen LogP contribution is -2.56. The minimum atomic E-state index is -0.639. The van der Waals surface area contributed by atoms with E-state index in [-0.39, 0.29) is 30.0 Å². The van der Waals surface area contributed by atoms with Gasteiger partial charge in [0, 0.05) is 44.5 Å². The Kier molecular flexibility index (Phi) is 6.64. The van der Waals surface area contributed by atoms with Crippen molar-refractivity contribution in [1.82, 2.24) is 24.9 Å². The Balaban J connectivity index is 0.00000225. The van der Waals surface area contributed by atoms with E-state index in [4.69, 9.17) is 0 Å². The number of piperazine rings is 1. The van der Waals surface area contributed by atoms with Crippen LogP contribution in [0.1, 0.15) is 18.5 Å². The first kappa shape index (κ1) is 20.7. The Bertz CT molecular complexity index is 830. The fraction of sp³-hybridized carbons (Fsp3) is 0.474. The average Bonchev–Trinajstić information content (AvgIpc) is 3.10. The van der Waals surface area contributed by atoms with Crippen molar-refractivity contribution in [2.45, 2.75) is 25.4 Å². The summed E-state index contributed by atoms with van der Waals surface area (Å²) in [6.45, 7) is 4.44. The molecule has 2 fully saturated rings. The molecule has 1 aromatic heterocycles. The molecule has 0 spiro atoms. The fourth-order valence-electron chi connectivity index (χ4n) is 3.91. The number of likely N-dealkylation sites (tertiary alicyclic amines) is 1. The molecule has 28 heavy (non-hydrogen) atoms. The number of hydrogen-bond acceptors (Lipinski definition) is 4. The van der Waals surface area contributed by atoms with Gasteiger partial charge in [0.2, 0.25) is 5.91 Å². The van der Waals surface area contributed by atoms with E-state index in [0.29, 0.717) is 13.1 Å². The highest BCUT2D eigenvalue weighted by Gasteiger charge is 2.30. The number of aromatic nitrogens is 2. The van der Waals surface area contributed by atoms with Crippen LogP contribution in [0.5, 0.6) is 0 Å². The number of hydrogen-bond donors (Lipinski definition) is 1. The maximum absolute atomic E-state index is 13.9. The zero-order valence-corrected chi connectivity index (χ0v) is 16.3. The van der Waals surface area contributed by atoms with Crippen molar-refractivity contribution in [3.05, 3.63) is 47.8 Å². The molecule has 0 radical (unpaired) electrons. The molecule has 2 aliphatic heterocycles. The SMILES string of the molecule is Cl.O=C1CNCCN1C1CCCN(Cc2ccn(-c3ccc(F)cc3F)n2)C1. The lowest BCUT2D eigenvalue weighted by atomic mass is 10.0. The third kappa shape index (κ3) is 4.51. The molecule has 4 rings (SSSR count). The maximum atomic E-state index is 13.9. The molecule has 2 aromatic rings. The third-order valence-electron chi connectivity index (χ3n) is 5.23. The van der Waals surface area contributed by atoms with Crippen LogP contribution in [0, 0.1) is 11.6 Å². The van der Waals surface area contributed by atoms with Gasteiger partial charge in [-0.3, -0.25) is 9.69 Å². The number of amides is 1. The molecule has 2 saturated heterocycles. The van der Waals surface area contributed by atoms with Gasteiger partial charge >= 0.3 is 0 Å². The summed E-state index contributed by atoms with van der Waals surface area (Å²) in [5, 5.41) is 7.55. The van der Waals surface area contributed by atoms with Crippen LogP contribution < -0.4 is 5.32 Å². The van der Waals surface area contributed by atoms with Crippen LogP contribution in [0.4, 0.5) is 8.78 Å². The lowest BCUT2D eigenvalue weighted by molar-refractivity contribution is -0.135. The molecule has 1 N–H and O–H groups in total. The van der Waals surface area contributed by atoms with E-state index in [2.05, 4.69) is 15.3 Å². The highest BCUT2D eigenvalue weighted by molar-refractivity contribution is 5.85. The van der Waals surface area contributed by atoms with Gasteiger partial charge in [0.15, 0.2) is 5.82 Å². The van der Waals surface area contributed by atoms with Gasteiger partial charge in [0.05, 0.1) is 12.2 Å². The summed E-state index contributed by atoms with van der Waals surface area (Å²) in [4.78, 5) is 16.4. The molecule has 6 nitrogen and oxygen atoms in total. The molecule has 1 aromatic carbocycles. The standard InChI is InChI=1S/C19H23F2N5O.ClH/c20-14-3-4-18(17(21)10-14)26-8-5-15(23-26)12-24-7-1-2-16(13-24)25-9-6-22-11-19(25)27;/h3-5,8,10,16,22H,1-2,6-7,9,11-13H2;1H. The molecule has 152 valence electrons. The minimum Gasteiger partial charge on any atom is -0.336 e. The highest BCUT2D eigenvalue weighted by Crippen LogP contribution is 2.19. The number of nitrogens with one attached hydrogen (secondary N) is 1. The number of rotatable bonds is 4. The van der Waals surface area contributed by atoms with E-state index >= 15 is 0 Å². The molecular weight excluding hydrogens is 388 g/mol.